The summed E-state index contributed by atoms with van der Waals surface area (Å²) in [7, 11) is 0. The van der Waals surface area contributed by atoms with E-state index in [0.717, 1.165) is 0 Å². The molecule has 0 bridgehead atoms. The number of rotatable bonds is 7. The lowest BCUT2D eigenvalue weighted by molar-refractivity contribution is -0.141. The molecule has 0 aliphatic rings. The van der Waals surface area contributed by atoms with Crippen LogP contribution in [0.2, 0.25) is 0 Å². The average Bonchev–Trinajstić information content (AvgIpc) is 2.93. The Kier molecular flexibility index (Phi) is 6.08. The second kappa shape index (κ2) is 7.82. The molecule has 3 amide bonds. The van der Waals surface area contributed by atoms with Gasteiger partial charge in [-0.1, -0.05) is 6.92 Å². The molecule has 0 aliphatic carbocycles. The maximum atomic E-state index is 11.4. The topological polar surface area (TPSA) is 121 Å². The maximum Gasteiger partial charge on any atom is 0.315 e. The molecule has 1 heterocycles. The Morgan fingerprint density at radius 1 is 1.30 bits per heavy atom. The molecule has 0 aromatic carbocycles. The van der Waals surface area contributed by atoms with Crippen LogP contribution < -0.4 is 16.0 Å². The van der Waals surface area contributed by atoms with Crippen LogP contribution in [0, 0.1) is 5.92 Å². The van der Waals surface area contributed by atoms with Crippen LogP contribution in [0.3, 0.4) is 0 Å². The van der Waals surface area contributed by atoms with Gasteiger partial charge in [-0.15, -0.1) is 0 Å². The molecule has 1 atom stereocenters. The van der Waals surface area contributed by atoms with Crippen LogP contribution in [0.15, 0.2) is 22.8 Å². The van der Waals surface area contributed by atoms with Crippen LogP contribution in [0.1, 0.15) is 12.7 Å². The SMILES string of the molecule is CC(CNC(=O)CNC(=O)NCc1ccco1)C(=O)O. The summed E-state index contributed by atoms with van der Waals surface area (Å²) in [6.07, 6.45) is 1.49. The van der Waals surface area contributed by atoms with E-state index in [1.807, 2.05) is 0 Å². The number of hydrogen-bond acceptors (Lipinski definition) is 4. The van der Waals surface area contributed by atoms with E-state index in [0.29, 0.717) is 5.76 Å². The van der Waals surface area contributed by atoms with Crippen LogP contribution in [0.5, 0.6) is 0 Å². The molecule has 8 nitrogen and oxygen atoms in total. The van der Waals surface area contributed by atoms with Gasteiger partial charge in [0.25, 0.3) is 0 Å². The molecule has 20 heavy (non-hydrogen) atoms. The van der Waals surface area contributed by atoms with Crippen molar-refractivity contribution < 1.29 is 23.9 Å². The highest BCUT2D eigenvalue weighted by Gasteiger charge is 2.12. The monoisotopic (exact) mass is 283 g/mol. The summed E-state index contributed by atoms with van der Waals surface area (Å²) in [5, 5.41) is 15.9. The van der Waals surface area contributed by atoms with Crippen molar-refractivity contribution in [2.45, 2.75) is 13.5 Å². The fraction of sp³-hybridized carbons (Fsp3) is 0.417. The van der Waals surface area contributed by atoms with E-state index in [-0.39, 0.29) is 19.6 Å². The fourth-order valence-electron chi connectivity index (χ4n) is 1.22. The highest BCUT2D eigenvalue weighted by atomic mass is 16.4. The maximum absolute atomic E-state index is 11.4. The highest BCUT2D eigenvalue weighted by molar-refractivity contribution is 5.84. The second-order valence-corrected chi connectivity index (χ2v) is 4.16. The number of amides is 3. The third-order valence-electron chi connectivity index (χ3n) is 2.44. The summed E-state index contributed by atoms with van der Waals surface area (Å²) in [6.45, 7) is 1.49. The minimum Gasteiger partial charge on any atom is -0.481 e. The predicted octanol–water partition coefficient (Wildman–Crippen LogP) is -0.0843. The first-order valence-electron chi connectivity index (χ1n) is 6.02. The Balaban J connectivity index is 2.14. The van der Waals surface area contributed by atoms with Gasteiger partial charge >= 0.3 is 12.0 Å². The molecule has 1 unspecified atom stereocenters. The van der Waals surface area contributed by atoms with E-state index in [9.17, 15) is 14.4 Å². The number of hydrogen-bond donors (Lipinski definition) is 4. The van der Waals surface area contributed by atoms with Crippen molar-refractivity contribution in [2.24, 2.45) is 5.92 Å². The third kappa shape index (κ3) is 5.89. The summed E-state index contributed by atoms with van der Waals surface area (Å²) in [5.74, 6) is -1.52. The van der Waals surface area contributed by atoms with E-state index in [1.165, 1.54) is 13.2 Å². The first-order chi connectivity index (χ1) is 9.49. The van der Waals surface area contributed by atoms with Gasteiger partial charge in [0.1, 0.15) is 5.76 Å². The lowest BCUT2D eigenvalue weighted by Gasteiger charge is -2.09. The normalized spacial score (nSPS) is 11.4. The first-order valence-corrected chi connectivity index (χ1v) is 6.02. The molecule has 1 aromatic rings. The molecule has 110 valence electrons. The number of urea groups is 1. The first kappa shape index (κ1) is 15.5. The van der Waals surface area contributed by atoms with E-state index < -0.39 is 23.8 Å². The molecule has 0 radical (unpaired) electrons. The summed E-state index contributed by atoms with van der Waals surface area (Å²) < 4.78 is 5.02. The van der Waals surface area contributed by atoms with Crippen molar-refractivity contribution in [1.82, 2.24) is 16.0 Å². The van der Waals surface area contributed by atoms with Crippen molar-refractivity contribution >= 4 is 17.9 Å². The van der Waals surface area contributed by atoms with Gasteiger partial charge in [0.05, 0.1) is 25.3 Å². The van der Waals surface area contributed by atoms with Crippen LogP contribution in [-0.4, -0.2) is 36.1 Å². The Labute approximate surface area is 115 Å². The predicted molar refractivity (Wildman–Crippen MR) is 68.8 cm³/mol. The molecule has 8 heteroatoms. The Morgan fingerprint density at radius 2 is 2.05 bits per heavy atom. The summed E-state index contributed by atoms with van der Waals surface area (Å²) >= 11 is 0. The lowest BCUT2D eigenvalue weighted by Crippen LogP contribution is -2.43. The number of aliphatic carboxylic acids is 1. The zero-order valence-corrected chi connectivity index (χ0v) is 11.0. The quantitative estimate of drug-likeness (QED) is 0.557. The molecule has 0 spiro atoms. The van der Waals surface area contributed by atoms with Crippen molar-refractivity contribution in [3.8, 4) is 0 Å². The number of carboxylic acid groups (broad SMARTS) is 1. The highest BCUT2D eigenvalue weighted by Crippen LogP contribution is 1.97. The van der Waals surface area contributed by atoms with Crippen molar-refractivity contribution in [1.29, 1.82) is 0 Å². The van der Waals surface area contributed by atoms with Crippen molar-refractivity contribution in [3.05, 3.63) is 24.2 Å². The minimum absolute atomic E-state index is 0.0177. The molecule has 0 saturated heterocycles. The molecule has 1 rings (SSSR count). The van der Waals surface area contributed by atoms with Gasteiger partial charge in [-0.2, -0.15) is 0 Å². The van der Waals surface area contributed by atoms with Crippen LogP contribution in [0.25, 0.3) is 0 Å². The van der Waals surface area contributed by atoms with Gasteiger partial charge in [0, 0.05) is 6.54 Å². The van der Waals surface area contributed by atoms with E-state index in [2.05, 4.69) is 16.0 Å². The zero-order valence-electron chi connectivity index (χ0n) is 11.0. The average molecular weight is 283 g/mol. The molecule has 4 N–H and O–H groups in total. The van der Waals surface area contributed by atoms with E-state index >= 15 is 0 Å². The summed E-state index contributed by atoms with van der Waals surface area (Å²) in [4.78, 5) is 33.2. The standard InChI is InChI=1S/C12H17N3O5/c1-8(11(17)18)5-13-10(16)7-15-12(19)14-6-9-3-2-4-20-9/h2-4,8H,5-7H2,1H3,(H,13,16)(H,17,18)(H2,14,15,19). The van der Waals surface area contributed by atoms with Gasteiger partial charge < -0.3 is 25.5 Å². The van der Waals surface area contributed by atoms with E-state index in [1.54, 1.807) is 12.1 Å². The van der Waals surface area contributed by atoms with Crippen molar-refractivity contribution in [2.75, 3.05) is 13.1 Å². The zero-order chi connectivity index (χ0) is 15.0. The molecular weight excluding hydrogens is 266 g/mol. The Hall–Kier alpha value is -2.51. The van der Waals surface area contributed by atoms with Gasteiger partial charge in [0.2, 0.25) is 5.91 Å². The van der Waals surface area contributed by atoms with Crippen LogP contribution in [0.4, 0.5) is 4.79 Å². The molecule has 0 aliphatic heterocycles. The van der Waals surface area contributed by atoms with Gasteiger partial charge in [-0.25, -0.2) is 4.79 Å². The van der Waals surface area contributed by atoms with Crippen molar-refractivity contribution in [3.63, 3.8) is 0 Å². The Bertz CT molecular complexity index is 458. The molecule has 0 saturated carbocycles. The number of nitrogens with one attached hydrogen (secondary N) is 3. The molecule has 0 fully saturated rings. The summed E-state index contributed by atoms with van der Waals surface area (Å²) in [6, 6.07) is 2.90. The fourth-order valence-corrected chi connectivity index (χ4v) is 1.22. The smallest absolute Gasteiger partial charge is 0.315 e. The third-order valence-corrected chi connectivity index (χ3v) is 2.44. The molecular formula is C12H17N3O5. The lowest BCUT2D eigenvalue weighted by atomic mass is 10.2. The number of carbonyl (C=O) groups excluding carboxylic acids is 2. The number of carboxylic acids is 1. The minimum atomic E-state index is -0.991. The van der Waals surface area contributed by atoms with E-state index in [4.69, 9.17) is 9.52 Å². The second-order valence-electron chi connectivity index (χ2n) is 4.16. The van der Waals surface area contributed by atoms with Crippen LogP contribution in [-0.2, 0) is 16.1 Å². The Morgan fingerprint density at radius 3 is 2.65 bits per heavy atom. The van der Waals surface area contributed by atoms with Gasteiger partial charge in [-0.3, -0.25) is 9.59 Å². The molecule has 1 aromatic heterocycles. The van der Waals surface area contributed by atoms with Gasteiger partial charge in [-0.05, 0) is 12.1 Å². The van der Waals surface area contributed by atoms with Crippen LogP contribution >= 0.6 is 0 Å². The van der Waals surface area contributed by atoms with Gasteiger partial charge in [0.15, 0.2) is 0 Å². The summed E-state index contributed by atoms with van der Waals surface area (Å²) in [5.41, 5.74) is 0. The number of furan rings is 1. The number of carbonyl (C=O) groups is 3. The largest absolute Gasteiger partial charge is 0.481 e.